The Morgan fingerprint density at radius 1 is 1.48 bits per heavy atom. The van der Waals surface area contributed by atoms with E-state index in [4.69, 9.17) is 0 Å². The van der Waals surface area contributed by atoms with Crippen LogP contribution < -0.4 is 5.32 Å². The van der Waals surface area contributed by atoms with Crippen molar-refractivity contribution in [3.05, 3.63) is 28.7 Å². The van der Waals surface area contributed by atoms with E-state index in [1.807, 2.05) is 6.92 Å². The molecule has 1 amide bonds. The van der Waals surface area contributed by atoms with Gasteiger partial charge in [0.15, 0.2) is 0 Å². The van der Waals surface area contributed by atoms with Crippen LogP contribution >= 0.6 is 11.3 Å². The maximum Gasteiger partial charge on any atom is 0.225 e. The first kappa shape index (κ1) is 15.6. The summed E-state index contributed by atoms with van der Waals surface area (Å²) in [7, 11) is 0. The van der Waals surface area contributed by atoms with Crippen molar-refractivity contribution in [2.75, 3.05) is 0 Å². The zero-order valence-electron chi connectivity index (χ0n) is 12.8. The molecule has 0 saturated heterocycles. The summed E-state index contributed by atoms with van der Waals surface area (Å²) >= 11 is 1.58. The molecule has 0 fully saturated rings. The number of carbonyl (C=O) groups is 1. The minimum atomic E-state index is -0.159. The number of carbonyl (C=O) groups excluding carboxylic acids is 1. The topological polar surface area (TPSA) is 72.7 Å². The van der Waals surface area contributed by atoms with E-state index in [0.29, 0.717) is 13.1 Å². The van der Waals surface area contributed by atoms with Crippen molar-refractivity contribution in [1.82, 2.24) is 25.1 Å². The molecule has 0 aliphatic carbocycles. The molecule has 1 N–H and O–H groups in total. The van der Waals surface area contributed by atoms with E-state index in [1.54, 1.807) is 22.3 Å². The molecule has 0 bridgehead atoms. The Kier molecular flexibility index (Phi) is 4.72. The summed E-state index contributed by atoms with van der Waals surface area (Å²) in [5.74, 6) is -0.160. The van der Waals surface area contributed by atoms with Crippen LogP contribution in [0, 0.1) is 5.92 Å². The van der Waals surface area contributed by atoms with Gasteiger partial charge in [0.05, 0.1) is 24.7 Å². The van der Waals surface area contributed by atoms with Crippen LogP contribution in [0.15, 0.2) is 18.0 Å². The standard InChI is InChI=1S/C14H21N5OS/c1-10(6-19-9-15-8-17-19)13(20)16-5-12-18-11(7-21-12)14(2,3)4/h7-10H,5-6H2,1-4H3,(H,16,20). The third kappa shape index (κ3) is 4.35. The minimum absolute atomic E-state index is 0.00184. The Morgan fingerprint density at radius 3 is 2.81 bits per heavy atom. The molecular weight excluding hydrogens is 286 g/mol. The van der Waals surface area contributed by atoms with E-state index in [2.05, 4.69) is 46.5 Å². The highest BCUT2D eigenvalue weighted by Gasteiger charge is 2.18. The summed E-state index contributed by atoms with van der Waals surface area (Å²) in [6.07, 6.45) is 3.08. The van der Waals surface area contributed by atoms with Crippen LogP contribution in [0.5, 0.6) is 0 Å². The molecule has 2 aromatic heterocycles. The average Bonchev–Trinajstić information content (AvgIpc) is 3.05. The molecule has 0 aromatic carbocycles. The molecule has 2 aromatic rings. The van der Waals surface area contributed by atoms with Crippen molar-refractivity contribution < 1.29 is 4.79 Å². The number of nitrogens with one attached hydrogen (secondary N) is 1. The van der Waals surface area contributed by atoms with Crippen molar-refractivity contribution >= 4 is 17.2 Å². The zero-order valence-corrected chi connectivity index (χ0v) is 13.6. The molecule has 2 heterocycles. The molecule has 114 valence electrons. The monoisotopic (exact) mass is 307 g/mol. The fourth-order valence-corrected chi connectivity index (χ4v) is 2.72. The van der Waals surface area contributed by atoms with Gasteiger partial charge in [0.1, 0.15) is 17.7 Å². The number of rotatable bonds is 5. The second kappa shape index (κ2) is 6.34. The molecule has 6 nitrogen and oxygen atoms in total. The fraction of sp³-hybridized carbons (Fsp3) is 0.571. The maximum atomic E-state index is 12.1. The summed E-state index contributed by atoms with van der Waals surface area (Å²) in [5.41, 5.74) is 1.10. The van der Waals surface area contributed by atoms with Crippen molar-refractivity contribution in [3.8, 4) is 0 Å². The summed E-state index contributed by atoms with van der Waals surface area (Å²) in [4.78, 5) is 20.5. The summed E-state index contributed by atoms with van der Waals surface area (Å²) in [6.45, 7) is 9.26. The second-order valence-electron chi connectivity index (χ2n) is 6.11. The van der Waals surface area contributed by atoms with E-state index >= 15 is 0 Å². The first-order valence-electron chi connectivity index (χ1n) is 6.91. The highest BCUT2D eigenvalue weighted by atomic mass is 32.1. The SMILES string of the molecule is CC(Cn1cncn1)C(=O)NCc1nc(C(C)(C)C)cs1. The molecule has 0 spiro atoms. The van der Waals surface area contributed by atoms with Gasteiger partial charge in [-0.2, -0.15) is 5.10 Å². The van der Waals surface area contributed by atoms with E-state index in [9.17, 15) is 4.79 Å². The van der Waals surface area contributed by atoms with E-state index < -0.39 is 0 Å². The summed E-state index contributed by atoms with van der Waals surface area (Å²) in [5, 5.41) is 9.91. The van der Waals surface area contributed by atoms with Gasteiger partial charge in [-0.15, -0.1) is 11.3 Å². The Hall–Kier alpha value is -1.76. The molecule has 1 unspecified atom stereocenters. The normalized spacial score (nSPS) is 13.1. The lowest BCUT2D eigenvalue weighted by atomic mass is 9.93. The molecular formula is C14H21N5OS. The van der Waals surface area contributed by atoms with Crippen molar-refractivity contribution in [2.24, 2.45) is 5.92 Å². The van der Waals surface area contributed by atoms with E-state index in [-0.39, 0.29) is 17.2 Å². The number of hydrogen-bond donors (Lipinski definition) is 1. The quantitative estimate of drug-likeness (QED) is 0.917. The first-order chi connectivity index (χ1) is 9.86. The van der Waals surface area contributed by atoms with Crippen LogP contribution in [-0.4, -0.2) is 25.7 Å². The predicted molar refractivity (Wildman–Crippen MR) is 81.8 cm³/mol. The lowest BCUT2D eigenvalue weighted by molar-refractivity contribution is -0.125. The molecule has 0 saturated carbocycles. The number of amides is 1. The second-order valence-corrected chi connectivity index (χ2v) is 7.06. The van der Waals surface area contributed by atoms with Gasteiger partial charge in [0, 0.05) is 10.8 Å². The van der Waals surface area contributed by atoms with Gasteiger partial charge < -0.3 is 5.32 Å². The Balaban J connectivity index is 1.84. The third-order valence-electron chi connectivity index (χ3n) is 3.11. The lowest BCUT2D eigenvalue weighted by Gasteiger charge is -2.14. The summed E-state index contributed by atoms with van der Waals surface area (Å²) < 4.78 is 1.66. The fourth-order valence-electron chi connectivity index (χ4n) is 1.76. The highest BCUT2D eigenvalue weighted by Crippen LogP contribution is 2.23. The van der Waals surface area contributed by atoms with Crippen LogP contribution in [0.1, 0.15) is 38.4 Å². The number of hydrogen-bond acceptors (Lipinski definition) is 5. The molecule has 1 atom stereocenters. The number of thiazole rings is 1. The van der Waals surface area contributed by atoms with E-state index in [1.165, 1.54) is 6.33 Å². The smallest absolute Gasteiger partial charge is 0.225 e. The Morgan fingerprint density at radius 2 is 2.24 bits per heavy atom. The number of aromatic nitrogens is 4. The molecule has 2 rings (SSSR count). The van der Waals surface area contributed by atoms with Gasteiger partial charge >= 0.3 is 0 Å². The van der Waals surface area contributed by atoms with Gasteiger partial charge in [-0.05, 0) is 0 Å². The van der Waals surface area contributed by atoms with Gasteiger partial charge in [0.25, 0.3) is 0 Å². The van der Waals surface area contributed by atoms with Crippen LogP contribution in [0.4, 0.5) is 0 Å². The van der Waals surface area contributed by atoms with Crippen molar-refractivity contribution in [2.45, 2.75) is 46.2 Å². The van der Waals surface area contributed by atoms with Gasteiger partial charge in [-0.3, -0.25) is 9.48 Å². The molecule has 0 aliphatic rings. The molecule has 21 heavy (non-hydrogen) atoms. The zero-order chi connectivity index (χ0) is 15.5. The average molecular weight is 307 g/mol. The van der Waals surface area contributed by atoms with Gasteiger partial charge in [-0.1, -0.05) is 27.7 Å². The number of nitrogens with zero attached hydrogens (tertiary/aromatic N) is 4. The Labute approximate surface area is 128 Å². The molecule has 7 heteroatoms. The Bertz CT molecular complexity index is 585. The van der Waals surface area contributed by atoms with Gasteiger partial charge in [0.2, 0.25) is 5.91 Å². The van der Waals surface area contributed by atoms with Crippen LogP contribution in [0.3, 0.4) is 0 Å². The van der Waals surface area contributed by atoms with Crippen molar-refractivity contribution in [3.63, 3.8) is 0 Å². The maximum absolute atomic E-state index is 12.1. The first-order valence-corrected chi connectivity index (χ1v) is 7.79. The van der Waals surface area contributed by atoms with Gasteiger partial charge in [-0.25, -0.2) is 9.97 Å². The largest absolute Gasteiger partial charge is 0.349 e. The highest BCUT2D eigenvalue weighted by molar-refractivity contribution is 7.09. The van der Waals surface area contributed by atoms with Crippen LogP contribution in [0.2, 0.25) is 0 Å². The predicted octanol–water partition coefficient (Wildman–Crippen LogP) is 1.98. The molecule has 0 aliphatic heterocycles. The van der Waals surface area contributed by atoms with Crippen LogP contribution in [0.25, 0.3) is 0 Å². The minimum Gasteiger partial charge on any atom is -0.349 e. The summed E-state index contributed by atoms with van der Waals surface area (Å²) in [6, 6.07) is 0. The lowest BCUT2D eigenvalue weighted by Crippen LogP contribution is -2.31. The third-order valence-corrected chi connectivity index (χ3v) is 3.96. The van der Waals surface area contributed by atoms with Crippen LogP contribution in [-0.2, 0) is 23.3 Å². The molecule has 0 radical (unpaired) electrons. The van der Waals surface area contributed by atoms with Crippen molar-refractivity contribution in [1.29, 1.82) is 0 Å². The van der Waals surface area contributed by atoms with E-state index in [0.717, 1.165) is 10.7 Å².